The lowest BCUT2D eigenvalue weighted by molar-refractivity contribution is -0.131. The van der Waals surface area contributed by atoms with Crippen LogP contribution in [-0.4, -0.2) is 12.3 Å². The van der Waals surface area contributed by atoms with Gasteiger partial charge in [-0.1, -0.05) is 20.3 Å². The zero-order valence-electron chi connectivity index (χ0n) is 20.0. The van der Waals surface area contributed by atoms with Crippen LogP contribution in [0.15, 0.2) is 18.2 Å². The number of carbonyl (C=O) groups excluding carboxylic acids is 1. The molecule has 0 radical (unpaired) electrons. The Morgan fingerprint density at radius 3 is 2.73 bits per heavy atom. The first-order valence-electron chi connectivity index (χ1n) is 13.4. The monoisotopic (exact) mass is 448 g/mol. The molecule has 1 unspecified atom stereocenters. The molecule has 10 atom stereocenters. The number of nitriles is 1. The lowest BCUT2D eigenvalue weighted by atomic mass is 9.48. The number of nitrogens with one attached hydrogen (secondary N) is 1. The lowest BCUT2D eigenvalue weighted by Gasteiger charge is -2.57. The van der Waals surface area contributed by atoms with Gasteiger partial charge in [0, 0.05) is 5.92 Å². The number of rotatable bonds is 4. The molecule has 33 heavy (non-hydrogen) atoms. The summed E-state index contributed by atoms with van der Waals surface area (Å²) in [6.07, 6.45) is 10.9. The molecule has 1 aromatic rings. The highest BCUT2D eigenvalue weighted by Gasteiger charge is 2.70. The molecule has 0 spiro atoms. The topological polar surface area (TPSA) is 52.9 Å². The van der Waals surface area contributed by atoms with Crippen LogP contribution in [0.1, 0.15) is 70.8 Å². The minimum atomic E-state index is -0.422. The SMILES string of the molecule is C[C@H]1CC[C@H]2[C@H](CC[C@H]3C4[C@@H]5C[C@@H]5[C@H](C(=O)CNc5ccc(F)cc5C#N)[C@@]4(C)CC[C@H]23)C1. The summed E-state index contributed by atoms with van der Waals surface area (Å²) in [6, 6.07) is 6.21. The van der Waals surface area contributed by atoms with Crippen LogP contribution in [0.4, 0.5) is 10.1 Å². The molecule has 0 saturated heterocycles. The van der Waals surface area contributed by atoms with Crippen molar-refractivity contribution in [3.63, 3.8) is 0 Å². The molecule has 3 nitrogen and oxygen atoms in total. The number of carbonyl (C=O) groups is 1. The zero-order chi connectivity index (χ0) is 22.9. The van der Waals surface area contributed by atoms with Gasteiger partial charge in [0.1, 0.15) is 11.9 Å². The standard InChI is InChI=1S/C29H37FN2O/c1-16-3-6-20-17(11-16)4-7-22-21(20)9-10-29(2)27(22)23-13-24(23)28(29)26(33)15-32-25-8-5-19(30)12-18(25)14-31/h5,8,12,16-17,20-24,27-28,32H,3-4,6-7,9-11,13,15H2,1-2H3/t16-,17+,20-,21+,22+,23+,24-,27?,28+,29-/m0/s1. The summed E-state index contributed by atoms with van der Waals surface area (Å²) in [5, 5.41) is 12.5. The van der Waals surface area contributed by atoms with Crippen LogP contribution >= 0.6 is 0 Å². The molecule has 5 aliphatic rings. The lowest BCUT2D eigenvalue weighted by Crippen LogP contribution is -2.51. The smallest absolute Gasteiger partial charge is 0.155 e. The first kappa shape index (κ1) is 21.6. The maximum atomic E-state index is 13.6. The third-order valence-corrected chi connectivity index (χ3v) is 10.9. The van der Waals surface area contributed by atoms with Crippen LogP contribution in [0.3, 0.4) is 0 Å². The van der Waals surface area contributed by atoms with Gasteiger partial charge in [-0.25, -0.2) is 4.39 Å². The van der Waals surface area contributed by atoms with Crippen LogP contribution < -0.4 is 5.32 Å². The van der Waals surface area contributed by atoms with Crippen molar-refractivity contribution in [2.75, 3.05) is 11.9 Å². The number of hydrogen-bond donors (Lipinski definition) is 1. The second-order valence-electron chi connectivity index (χ2n) is 12.5. The molecule has 5 fully saturated rings. The predicted octanol–water partition coefficient (Wildman–Crippen LogP) is 6.44. The minimum absolute atomic E-state index is 0.142. The van der Waals surface area contributed by atoms with Gasteiger partial charge in [0.2, 0.25) is 0 Å². The van der Waals surface area contributed by atoms with Crippen LogP contribution in [0.2, 0.25) is 0 Å². The van der Waals surface area contributed by atoms with Crippen LogP contribution in [0.5, 0.6) is 0 Å². The van der Waals surface area contributed by atoms with Crippen molar-refractivity contribution in [3.8, 4) is 6.07 Å². The second-order valence-corrected chi connectivity index (χ2v) is 12.5. The highest BCUT2D eigenvalue weighted by atomic mass is 19.1. The quantitative estimate of drug-likeness (QED) is 0.577. The number of halogens is 1. The Hall–Kier alpha value is -1.89. The van der Waals surface area contributed by atoms with Gasteiger partial charge in [0.15, 0.2) is 5.78 Å². The molecular formula is C29H37FN2O. The molecule has 0 aromatic heterocycles. The molecule has 5 aliphatic carbocycles. The van der Waals surface area contributed by atoms with Crippen molar-refractivity contribution in [3.05, 3.63) is 29.6 Å². The van der Waals surface area contributed by atoms with E-state index in [1.165, 1.54) is 63.5 Å². The van der Waals surface area contributed by atoms with E-state index < -0.39 is 5.82 Å². The number of nitrogens with zero attached hydrogens (tertiary/aromatic N) is 1. The largest absolute Gasteiger partial charge is 0.377 e. The fourth-order valence-electron chi connectivity index (χ4n) is 9.72. The number of Topliss-reactive ketones (excluding diaryl/α,β-unsaturated/α-hetero) is 1. The van der Waals surface area contributed by atoms with E-state index in [4.69, 9.17) is 0 Å². The van der Waals surface area contributed by atoms with E-state index in [2.05, 4.69) is 19.2 Å². The van der Waals surface area contributed by atoms with Crippen LogP contribution in [0.25, 0.3) is 0 Å². The zero-order valence-corrected chi connectivity index (χ0v) is 20.0. The van der Waals surface area contributed by atoms with Crippen molar-refractivity contribution in [1.29, 1.82) is 5.26 Å². The van der Waals surface area contributed by atoms with Crippen molar-refractivity contribution >= 4 is 11.5 Å². The minimum Gasteiger partial charge on any atom is -0.377 e. The molecule has 176 valence electrons. The van der Waals surface area contributed by atoms with Crippen molar-refractivity contribution < 1.29 is 9.18 Å². The highest BCUT2D eigenvalue weighted by Crippen LogP contribution is 2.74. The van der Waals surface area contributed by atoms with Gasteiger partial charge in [0.25, 0.3) is 0 Å². The van der Waals surface area contributed by atoms with Gasteiger partial charge < -0.3 is 5.32 Å². The molecule has 6 rings (SSSR count). The Kier molecular flexibility index (Phi) is 5.13. The summed E-state index contributed by atoms with van der Waals surface area (Å²) in [5.74, 6) is 6.65. The number of ketones is 1. The Labute approximate surface area is 197 Å². The molecule has 1 N–H and O–H groups in total. The van der Waals surface area contributed by atoms with Crippen molar-refractivity contribution in [2.24, 2.45) is 58.7 Å². The number of fused-ring (bicyclic) bond motifs is 7. The Bertz CT molecular complexity index is 1000. The molecule has 1 aromatic carbocycles. The summed E-state index contributed by atoms with van der Waals surface area (Å²) in [7, 11) is 0. The Balaban J connectivity index is 1.19. The highest BCUT2D eigenvalue weighted by molar-refractivity contribution is 5.87. The van der Waals surface area contributed by atoms with E-state index in [1.807, 2.05) is 6.07 Å². The number of hydrogen-bond acceptors (Lipinski definition) is 3. The summed E-state index contributed by atoms with van der Waals surface area (Å²) in [6.45, 7) is 5.13. The van der Waals surface area contributed by atoms with E-state index in [0.717, 1.165) is 41.4 Å². The Morgan fingerprint density at radius 1 is 1.09 bits per heavy atom. The number of anilines is 1. The molecule has 0 aliphatic heterocycles. The summed E-state index contributed by atoms with van der Waals surface area (Å²) < 4.78 is 13.5. The van der Waals surface area contributed by atoms with E-state index in [-0.39, 0.29) is 23.4 Å². The summed E-state index contributed by atoms with van der Waals surface area (Å²) in [4.78, 5) is 13.6. The van der Waals surface area contributed by atoms with E-state index in [1.54, 1.807) is 6.07 Å². The van der Waals surface area contributed by atoms with Gasteiger partial charge in [0.05, 0.1) is 17.8 Å². The normalized spacial score (nSPS) is 45.1. The van der Waals surface area contributed by atoms with Gasteiger partial charge in [-0.05, 0) is 116 Å². The van der Waals surface area contributed by atoms with E-state index >= 15 is 0 Å². The van der Waals surface area contributed by atoms with Crippen LogP contribution in [-0.2, 0) is 4.79 Å². The fourth-order valence-corrected chi connectivity index (χ4v) is 9.72. The van der Waals surface area contributed by atoms with Crippen LogP contribution in [0, 0.1) is 75.8 Å². The van der Waals surface area contributed by atoms with Crippen molar-refractivity contribution in [1.82, 2.24) is 0 Å². The number of benzene rings is 1. The van der Waals surface area contributed by atoms with Gasteiger partial charge in [-0.2, -0.15) is 5.26 Å². The molecule has 0 amide bonds. The maximum absolute atomic E-state index is 13.6. The fraction of sp³-hybridized carbons (Fsp3) is 0.724. The second kappa shape index (κ2) is 7.82. The average Bonchev–Trinajstić information content (AvgIpc) is 3.51. The van der Waals surface area contributed by atoms with Gasteiger partial charge >= 0.3 is 0 Å². The molecule has 0 bridgehead atoms. The average molecular weight is 449 g/mol. The molecule has 4 heteroatoms. The maximum Gasteiger partial charge on any atom is 0.155 e. The van der Waals surface area contributed by atoms with E-state index in [9.17, 15) is 14.4 Å². The third kappa shape index (κ3) is 3.36. The third-order valence-electron chi connectivity index (χ3n) is 10.9. The first-order valence-corrected chi connectivity index (χ1v) is 13.4. The molecular weight excluding hydrogens is 411 g/mol. The molecule has 5 saturated carbocycles. The molecule has 0 heterocycles. The van der Waals surface area contributed by atoms with Gasteiger partial charge in [-0.3, -0.25) is 4.79 Å². The summed E-state index contributed by atoms with van der Waals surface area (Å²) >= 11 is 0. The Morgan fingerprint density at radius 2 is 1.91 bits per heavy atom. The predicted molar refractivity (Wildman–Crippen MR) is 127 cm³/mol. The summed E-state index contributed by atoms with van der Waals surface area (Å²) in [5.41, 5.74) is 0.970. The van der Waals surface area contributed by atoms with Crippen molar-refractivity contribution in [2.45, 2.75) is 65.2 Å². The van der Waals surface area contributed by atoms with Gasteiger partial charge in [-0.15, -0.1) is 0 Å². The first-order chi connectivity index (χ1) is 15.9. The van der Waals surface area contributed by atoms with E-state index in [0.29, 0.717) is 17.4 Å².